The van der Waals surface area contributed by atoms with Crippen molar-refractivity contribution in [2.24, 2.45) is 0 Å². The Morgan fingerprint density at radius 1 is 1.41 bits per heavy atom. The van der Waals surface area contributed by atoms with Crippen molar-refractivity contribution in [1.29, 1.82) is 0 Å². The lowest BCUT2D eigenvalue weighted by molar-refractivity contribution is 0.177. The molecule has 0 aromatic carbocycles. The molecule has 0 radical (unpaired) electrons. The van der Waals surface area contributed by atoms with E-state index in [1.807, 2.05) is 0 Å². The number of piperidine rings is 1. The third-order valence-corrected chi connectivity index (χ3v) is 4.30. The van der Waals surface area contributed by atoms with E-state index in [1.54, 1.807) is 18.4 Å². The number of hydrogen-bond acceptors (Lipinski definition) is 7. The van der Waals surface area contributed by atoms with Gasteiger partial charge in [-0.15, -0.1) is 0 Å². The summed E-state index contributed by atoms with van der Waals surface area (Å²) in [6.45, 7) is 2.12. The molecule has 9 heteroatoms. The Morgan fingerprint density at radius 3 is 2.82 bits per heavy atom. The first kappa shape index (κ1) is 15.2. The highest BCUT2D eigenvalue weighted by molar-refractivity contribution is 7.88. The molecule has 0 atom stereocenters. The molecule has 1 aliphatic heterocycles. The Bertz CT molecular complexity index is 702. The van der Waals surface area contributed by atoms with Crippen LogP contribution in [0.1, 0.15) is 18.7 Å². The van der Waals surface area contributed by atoms with Crippen molar-refractivity contribution < 1.29 is 17.4 Å². The number of nitrogens with one attached hydrogen (secondary N) is 1. The Kier molecular flexibility index (Phi) is 4.27. The first-order chi connectivity index (χ1) is 10.5. The van der Waals surface area contributed by atoms with Crippen LogP contribution in [0, 0.1) is 0 Å². The minimum absolute atomic E-state index is 0.00705. The number of sulfonamides is 1. The number of aromatic nitrogens is 2. The van der Waals surface area contributed by atoms with Gasteiger partial charge in [0.05, 0.1) is 19.1 Å². The van der Waals surface area contributed by atoms with E-state index in [9.17, 15) is 8.42 Å². The van der Waals surface area contributed by atoms with E-state index in [-0.39, 0.29) is 6.04 Å². The fourth-order valence-electron chi connectivity index (χ4n) is 2.53. The van der Waals surface area contributed by atoms with Crippen molar-refractivity contribution in [2.45, 2.75) is 25.4 Å². The van der Waals surface area contributed by atoms with E-state index in [0.717, 1.165) is 25.9 Å². The maximum atomic E-state index is 11.2. The van der Waals surface area contributed by atoms with E-state index in [4.69, 9.17) is 8.94 Å². The van der Waals surface area contributed by atoms with Crippen molar-refractivity contribution in [3.63, 3.8) is 0 Å². The molecule has 0 bridgehead atoms. The van der Waals surface area contributed by atoms with Gasteiger partial charge in [-0.05, 0) is 25.0 Å². The van der Waals surface area contributed by atoms with Gasteiger partial charge in [-0.1, -0.05) is 5.16 Å². The van der Waals surface area contributed by atoms with Crippen LogP contribution >= 0.6 is 0 Å². The predicted octanol–water partition coefficient (Wildman–Crippen LogP) is 0.843. The third kappa shape index (κ3) is 3.93. The van der Waals surface area contributed by atoms with E-state index in [2.05, 4.69) is 19.8 Å². The summed E-state index contributed by atoms with van der Waals surface area (Å²) in [5.74, 6) is 1.54. The quantitative estimate of drug-likeness (QED) is 0.868. The van der Waals surface area contributed by atoms with Gasteiger partial charge in [-0.3, -0.25) is 4.90 Å². The molecule has 1 aliphatic rings. The van der Waals surface area contributed by atoms with Crippen molar-refractivity contribution in [1.82, 2.24) is 19.8 Å². The summed E-state index contributed by atoms with van der Waals surface area (Å²) >= 11 is 0. The molecule has 0 amide bonds. The second-order valence-corrected chi connectivity index (χ2v) is 7.21. The van der Waals surface area contributed by atoms with Crippen LogP contribution in [0.3, 0.4) is 0 Å². The maximum absolute atomic E-state index is 11.2. The zero-order valence-corrected chi connectivity index (χ0v) is 13.0. The van der Waals surface area contributed by atoms with Gasteiger partial charge in [0.25, 0.3) is 0 Å². The van der Waals surface area contributed by atoms with Gasteiger partial charge in [0, 0.05) is 19.1 Å². The average Bonchev–Trinajstić information content (AvgIpc) is 3.10. The summed E-state index contributed by atoms with van der Waals surface area (Å²) < 4.78 is 35.5. The van der Waals surface area contributed by atoms with Crippen molar-refractivity contribution in [2.75, 3.05) is 19.3 Å². The van der Waals surface area contributed by atoms with Crippen LogP contribution in [-0.4, -0.2) is 48.8 Å². The minimum atomic E-state index is -3.14. The molecule has 2 aromatic heterocycles. The summed E-state index contributed by atoms with van der Waals surface area (Å²) in [6.07, 6.45) is 4.29. The highest BCUT2D eigenvalue weighted by Gasteiger charge is 2.23. The van der Waals surface area contributed by atoms with Gasteiger partial charge in [-0.2, -0.15) is 4.98 Å². The maximum Gasteiger partial charge on any atom is 0.241 e. The molecule has 3 heterocycles. The van der Waals surface area contributed by atoms with Crippen molar-refractivity contribution in [3.8, 4) is 11.6 Å². The number of likely N-dealkylation sites (tertiary alicyclic amines) is 1. The SMILES string of the molecule is CS(=O)(=O)NC1CCN(Cc2nc(-c3ccco3)no2)CC1. The summed E-state index contributed by atoms with van der Waals surface area (Å²) in [6, 6.07) is 3.55. The highest BCUT2D eigenvalue weighted by Crippen LogP contribution is 2.18. The number of hydrogen-bond donors (Lipinski definition) is 1. The van der Waals surface area contributed by atoms with Crippen molar-refractivity contribution in [3.05, 3.63) is 24.3 Å². The molecular formula is C13H18N4O4S. The standard InChI is InChI=1S/C13H18N4O4S/c1-22(18,19)16-10-4-6-17(7-5-10)9-12-14-13(15-21-12)11-3-2-8-20-11/h2-3,8,10,16H,4-7,9H2,1H3. The minimum Gasteiger partial charge on any atom is -0.461 e. The number of nitrogens with zero attached hydrogens (tertiary/aromatic N) is 3. The largest absolute Gasteiger partial charge is 0.461 e. The molecule has 1 N–H and O–H groups in total. The zero-order valence-electron chi connectivity index (χ0n) is 12.2. The molecule has 8 nitrogen and oxygen atoms in total. The number of furan rings is 1. The monoisotopic (exact) mass is 326 g/mol. The summed E-state index contributed by atoms with van der Waals surface area (Å²) in [5.41, 5.74) is 0. The van der Waals surface area contributed by atoms with Crippen LogP contribution in [0.15, 0.2) is 27.3 Å². The van der Waals surface area contributed by atoms with Gasteiger partial charge in [-0.25, -0.2) is 13.1 Å². The molecule has 1 saturated heterocycles. The second-order valence-electron chi connectivity index (χ2n) is 5.43. The molecule has 0 spiro atoms. The average molecular weight is 326 g/mol. The lowest BCUT2D eigenvalue weighted by Gasteiger charge is -2.30. The van der Waals surface area contributed by atoms with Crippen LogP contribution in [0.25, 0.3) is 11.6 Å². The van der Waals surface area contributed by atoms with E-state index in [0.29, 0.717) is 24.0 Å². The van der Waals surface area contributed by atoms with Crippen molar-refractivity contribution >= 4 is 10.0 Å². The van der Waals surface area contributed by atoms with Gasteiger partial charge >= 0.3 is 0 Å². The van der Waals surface area contributed by atoms with Gasteiger partial charge in [0.15, 0.2) is 5.76 Å². The summed E-state index contributed by atoms with van der Waals surface area (Å²) in [7, 11) is -3.14. The zero-order chi connectivity index (χ0) is 15.6. The van der Waals surface area contributed by atoms with Crippen LogP contribution in [0.2, 0.25) is 0 Å². The molecule has 3 rings (SSSR count). The summed E-state index contributed by atoms with van der Waals surface area (Å²) in [4.78, 5) is 6.47. The Morgan fingerprint density at radius 2 is 2.18 bits per heavy atom. The van der Waals surface area contributed by atoms with E-state index < -0.39 is 10.0 Å². The van der Waals surface area contributed by atoms with E-state index in [1.165, 1.54) is 6.26 Å². The Hall–Kier alpha value is -1.71. The third-order valence-electron chi connectivity index (χ3n) is 3.54. The first-order valence-electron chi connectivity index (χ1n) is 7.06. The molecule has 120 valence electrons. The molecule has 1 fully saturated rings. The topological polar surface area (TPSA) is 101 Å². The second kappa shape index (κ2) is 6.19. The lowest BCUT2D eigenvalue weighted by Crippen LogP contribution is -2.43. The molecule has 22 heavy (non-hydrogen) atoms. The molecular weight excluding hydrogens is 308 g/mol. The van der Waals surface area contributed by atoms with Gasteiger partial charge in [0.1, 0.15) is 0 Å². The van der Waals surface area contributed by atoms with Crippen LogP contribution in [0.4, 0.5) is 0 Å². The van der Waals surface area contributed by atoms with Gasteiger partial charge in [0.2, 0.25) is 21.7 Å². The lowest BCUT2D eigenvalue weighted by atomic mass is 10.1. The van der Waals surface area contributed by atoms with Crippen LogP contribution in [-0.2, 0) is 16.6 Å². The van der Waals surface area contributed by atoms with Crippen LogP contribution < -0.4 is 4.72 Å². The normalized spacial score (nSPS) is 17.9. The van der Waals surface area contributed by atoms with E-state index >= 15 is 0 Å². The Labute approximate surface area is 128 Å². The summed E-state index contributed by atoms with van der Waals surface area (Å²) in [5, 5.41) is 3.89. The highest BCUT2D eigenvalue weighted by atomic mass is 32.2. The molecule has 0 saturated carbocycles. The predicted molar refractivity (Wildman–Crippen MR) is 78.3 cm³/mol. The fraction of sp³-hybridized carbons (Fsp3) is 0.538. The molecule has 0 unspecified atom stereocenters. The number of rotatable bonds is 5. The molecule has 2 aromatic rings. The fourth-order valence-corrected chi connectivity index (χ4v) is 3.37. The van der Waals surface area contributed by atoms with Crippen LogP contribution in [0.5, 0.6) is 0 Å². The smallest absolute Gasteiger partial charge is 0.241 e. The molecule has 0 aliphatic carbocycles. The van der Waals surface area contributed by atoms with Gasteiger partial charge < -0.3 is 8.94 Å². The first-order valence-corrected chi connectivity index (χ1v) is 8.95. The Balaban J connectivity index is 1.53.